The van der Waals surface area contributed by atoms with Crippen LogP contribution < -0.4 is 10.6 Å². The molecule has 0 saturated carbocycles. The van der Waals surface area contributed by atoms with Crippen LogP contribution in [0, 0.1) is 19.8 Å². The molecule has 2 N–H and O–H groups in total. The van der Waals surface area contributed by atoms with Gasteiger partial charge in [-0.05, 0) is 38.8 Å². The summed E-state index contributed by atoms with van der Waals surface area (Å²) >= 11 is 2.71. The molecule has 4 rings (SSSR count). The zero-order chi connectivity index (χ0) is 27.2. The lowest BCUT2D eigenvalue weighted by Crippen LogP contribution is -2.33. The van der Waals surface area contributed by atoms with Crippen molar-refractivity contribution in [2.24, 2.45) is 5.92 Å². The first-order valence-corrected chi connectivity index (χ1v) is 14.4. The molecule has 1 atom stereocenters. The highest BCUT2D eigenvalue weighted by atomic mass is 32.2. The van der Waals surface area contributed by atoms with E-state index in [0.29, 0.717) is 28.2 Å². The molecule has 0 fully saturated rings. The molecule has 1 unspecified atom stereocenters. The first-order chi connectivity index (χ1) is 18.2. The Morgan fingerprint density at radius 2 is 1.82 bits per heavy atom. The van der Waals surface area contributed by atoms with E-state index in [2.05, 4.69) is 25.8 Å². The number of aryl methyl sites for hydroxylation is 2. The molecule has 0 saturated heterocycles. The third-order valence-electron chi connectivity index (χ3n) is 6.00. The Morgan fingerprint density at radius 1 is 1.05 bits per heavy atom. The number of amides is 2. The number of carbonyl (C=O) groups excluding carboxylic acids is 2. The molecule has 2 heterocycles. The molecule has 4 aromatic rings. The number of nitrogens with zero attached hydrogens (tertiary/aromatic N) is 4. The number of anilines is 1. The average molecular weight is 549 g/mol. The van der Waals surface area contributed by atoms with Gasteiger partial charge in [-0.15, -0.1) is 21.5 Å². The van der Waals surface area contributed by atoms with E-state index in [9.17, 15) is 9.59 Å². The van der Waals surface area contributed by atoms with E-state index in [4.69, 9.17) is 0 Å². The Hall–Kier alpha value is -3.50. The summed E-state index contributed by atoms with van der Waals surface area (Å²) in [6.45, 7) is 10.7. The van der Waals surface area contributed by atoms with Gasteiger partial charge in [0.1, 0.15) is 0 Å². The number of nitrogens with one attached hydrogen (secondary N) is 2. The van der Waals surface area contributed by atoms with Gasteiger partial charge in [0.15, 0.2) is 16.1 Å². The molecule has 8 nitrogen and oxygen atoms in total. The highest BCUT2D eigenvalue weighted by Gasteiger charge is 2.26. The van der Waals surface area contributed by atoms with Crippen LogP contribution in [0.3, 0.4) is 0 Å². The normalized spacial score (nSPS) is 11.9. The number of aromatic nitrogens is 4. The summed E-state index contributed by atoms with van der Waals surface area (Å²) in [5, 5.41) is 17.9. The molecule has 38 heavy (non-hydrogen) atoms. The van der Waals surface area contributed by atoms with Gasteiger partial charge in [-0.1, -0.05) is 73.1 Å². The summed E-state index contributed by atoms with van der Waals surface area (Å²) in [6, 6.07) is 15.3. The number of benzene rings is 2. The van der Waals surface area contributed by atoms with E-state index in [1.54, 1.807) is 6.07 Å². The van der Waals surface area contributed by atoms with Crippen molar-refractivity contribution in [1.29, 1.82) is 0 Å². The first kappa shape index (κ1) is 27.5. The molecule has 0 radical (unpaired) electrons. The van der Waals surface area contributed by atoms with Crippen molar-refractivity contribution in [2.45, 2.75) is 52.4 Å². The summed E-state index contributed by atoms with van der Waals surface area (Å²) in [5.74, 6) is 0.612. The average Bonchev–Trinajstić information content (AvgIpc) is 3.53. The molecule has 2 amide bonds. The van der Waals surface area contributed by atoms with Crippen molar-refractivity contribution in [3.8, 4) is 11.3 Å². The number of hydrogen-bond acceptors (Lipinski definition) is 7. The van der Waals surface area contributed by atoms with E-state index in [1.807, 2.05) is 87.0 Å². The fraction of sp³-hybridized carbons (Fsp3) is 0.321. The van der Waals surface area contributed by atoms with Crippen LogP contribution >= 0.6 is 23.1 Å². The molecule has 2 aromatic heterocycles. The predicted molar refractivity (Wildman–Crippen MR) is 154 cm³/mol. The molecule has 0 aliphatic heterocycles. The van der Waals surface area contributed by atoms with Crippen LogP contribution in [0.4, 0.5) is 5.13 Å². The fourth-order valence-electron chi connectivity index (χ4n) is 3.95. The molecule has 2 aromatic carbocycles. The standard InChI is InChI=1S/C28H32N6O2S2/c1-6-34-25(24(17(2)3)31-26(36)21-9-7-8-19(5)14-21)32-33-28(34)38-16-23(35)30-27-29-22(15-37-27)20-12-10-18(4)11-13-20/h7-15,17,24H,6,16H2,1-5H3,(H,31,36)(H,29,30,35). The smallest absolute Gasteiger partial charge is 0.251 e. The number of thiazole rings is 1. The first-order valence-electron chi connectivity index (χ1n) is 12.5. The highest BCUT2D eigenvalue weighted by molar-refractivity contribution is 7.99. The maximum absolute atomic E-state index is 13.0. The molecular weight excluding hydrogens is 516 g/mol. The van der Waals surface area contributed by atoms with Crippen LogP contribution in [0.2, 0.25) is 0 Å². The second-order valence-electron chi connectivity index (χ2n) is 9.39. The predicted octanol–water partition coefficient (Wildman–Crippen LogP) is 5.90. The quantitative estimate of drug-likeness (QED) is 0.239. The second kappa shape index (κ2) is 12.4. The number of carbonyl (C=O) groups is 2. The Kier molecular flexibility index (Phi) is 8.96. The number of thioether (sulfide) groups is 1. The van der Waals surface area contributed by atoms with Crippen molar-refractivity contribution < 1.29 is 9.59 Å². The Labute approximate surface area is 231 Å². The molecule has 10 heteroatoms. The van der Waals surface area contributed by atoms with Crippen molar-refractivity contribution >= 4 is 40.0 Å². The van der Waals surface area contributed by atoms with Crippen LogP contribution in [0.15, 0.2) is 59.1 Å². The van der Waals surface area contributed by atoms with E-state index in [1.165, 1.54) is 28.7 Å². The van der Waals surface area contributed by atoms with Gasteiger partial charge in [-0.25, -0.2) is 4.98 Å². The van der Waals surface area contributed by atoms with Crippen LogP contribution in [-0.2, 0) is 11.3 Å². The van der Waals surface area contributed by atoms with Gasteiger partial charge in [0.2, 0.25) is 5.91 Å². The van der Waals surface area contributed by atoms with E-state index in [-0.39, 0.29) is 29.5 Å². The van der Waals surface area contributed by atoms with Gasteiger partial charge in [-0.3, -0.25) is 9.59 Å². The maximum atomic E-state index is 13.0. The van der Waals surface area contributed by atoms with Crippen molar-refractivity contribution in [3.05, 3.63) is 76.4 Å². The summed E-state index contributed by atoms with van der Waals surface area (Å²) in [4.78, 5) is 30.2. The van der Waals surface area contributed by atoms with Crippen LogP contribution in [-0.4, -0.2) is 37.3 Å². The topological polar surface area (TPSA) is 102 Å². The summed E-state index contributed by atoms with van der Waals surface area (Å²) in [6.07, 6.45) is 0. The third-order valence-corrected chi connectivity index (χ3v) is 7.73. The van der Waals surface area contributed by atoms with Crippen molar-refractivity contribution in [1.82, 2.24) is 25.1 Å². The summed E-state index contributed by atoms with van der Waals surface area (Å²) in [5.41, 5.74) is 4.67. The van der Waals surface area contributed by atoms with Gasteiger partial charge in [0.05, 0.1) is 17.5 Å². The highest BCUT2D eigenvalue weighted by Crippen LogP contribution is 2.27. The summed E-state index contributed by atoms with van der Waals surface area (Å²) < 4.78 is 1.96. The SMILES string of the molecule is CCn1c(SCC(=O)Nc2nc(-c3ccc(C)cc3)cs2)nnc1C(NC(=O)c1cccc(C)c1)C(C)C. The minimum Gasteiger partial charge on any atom is -0.342 e. The lowest BCUT2D eigenvalue weighted by molar-refractivity contribution is -0.113. The number of rotatable bonds is 10. The Bertz CT molecular complexity index is 1410. The van der Waals surface area contributed by atoms with Crippen molar-refractivity contribution in [3.63, 3.8) is 0 Å². The molecule has 198 valence electrons. The monoisotopic (exact) mass is 548 g/mol. The Morgan fingerprint density at radius 3 is 2.50 bits per heavy atom. The summed E-state index contributed by atoms with van der Waals surface area (Å²) in [7, 11) is 0. The lowest BCUT2D eigenvalue weighted by atomic mass is 10.0. The van der Waals surface area contributed by atoms with Crippen LogP contribution in [0.5, 0.6) is 0 Å². The van der Waals surface area contributed by atoms with Gasteiger partial charge in [0, 0.05) is 23.1 Å². The maximum Gasteiger partial charge on any atom is 0.251 e. The van der Waals surface area contributed by atoms with E-state index >= 15 is 0 Å². The van der Waals surface area contributed by atoms with Gasteiger partial charge in [-0.2, -0.15) is 0 Å². The third kappa shape index (κ3) is 6.68. The fourth-order valence-corrected chi connectivity index (χ4v) is 5.49. The lowest BCUT2D eigenvalue weighted by Gasteiger charge is -2.22. The van der Waals surface area contributed by atoms with E-state index < -0.39 is 0 Å². The number of hydrogen-bond donors (Lipinski definition) is 2. The van der Waals surface area contributed by atoms with Crippen molar-refractivity contribution in [2.75, 3.05) is 11.1 Å². The molecule has 0 spiro atoms. The zero-order valence-electron chi connectivity index (χ0n) is 22.2. The van der Waals surface area contributed by atoms with Gasteiger partial charge in [0.25, 0.3) is 5.91 Å². The van der Waals surface area contributed by atoms with Gasteiger partial charge < -0.3 is 15.2 Å². The largest absolute Gasteiger partial charge is 0.342 e. The molecular formula is C28H32N6O2S2. The van der Waals surface area contributed by atoms with Gasteiger partial charge >= 0.3 is 0 Å². The minimum absolute atomic E-state index is 0.0898. The van der Waals surface area contributed by atoms with Crippen LogP contribution in [0.25, 0.3) is 11.3 Å². The zero-order valence-corrected chi connectivity index (χ0v) is 23.8. The Balaban J connectivity index is 1.40. The molecule has 0 bridgehead atoms. The second-order valence-corrected chi connectivity index (χ2v) is 11.2. The molecule has 0 aliphatic rings. The molecule has 0 aliphatic carbocycles. The van der Waals surface area contributed by atoms with E-state index in [0.717, 1.165) is 16.8 Å². The minimum atomic E-state index is -0.325. The van der Waals surface area contributed by atoms with Crippen LogP contribution in [0.1, 0.15) is 54.1 Å².